The first-order valence-electron chi connectivity index (χ1n) is 12.0. The number of methoxy groups -OCH3 is 1. The molecule has 1 heterocycles. The van der Waals surface area contributed by atoms with Crippen molar-refractivity contribution in [1.29, 1.82) is 0 Å². The second-order valence-electron chi connectivity index (χ2n) is 8.36. The quantitative estimate of drug-likeness (QED) is 0.330. The predicted molar refractivity (Wildman–Crippen MR) is 141 cm³/mol. The molecule has 0 bridgehead atoms. The van der Waals surface area contributed by atoms with Crippen LogP contribution in [0.4, 0.5) is 0 Å². The van der Waals surface area contributed by atoms with E-state index in [2.05, 4.69) is 10.3 Å². The number of rotatable bonds is 11. The van der Waals surface area contributed by atoms with Crippen molar-refractivity contribution in [3.63, 3.8) is 0 Å². The fourth-order valence-corrected chi connectivity index (χ4v) is 3.89. The van der Waals surface area contributed by atoms with E-state index in [0.29, 0.717) is 23.6 Å². The van der Waals surface area contributed by atoms with Crippen LogP contribution >= 0.6 is 0 Å². The lowest BCUT2D eigenvalue weighted by atomic mass is 10.0. The van der Waals surface area contributed by atoms with Crippen LogP contribution in [0.15, 0.2) is 109 Å². The van der Waals surface area contributed by atoms with Crippen LogP contribution in [0.3, 0.4) is 0 Å². The number of nitrogens with one attached hydrogen (secondary N) is 1. The van der Waals surface area contributed by atoms with E-state index in [1.54, 1.807) is 36.5 Å². The van der Waals surface area contributed by atoms with Gasteiger partial charge in [0.25, 0.3) is 5.91 Å². The molecular weight excluding hydrogens is 466 g/mol. The molecule has 0 fully saturated rings. The number of pyridine rings is 1. The average Bonchev–Trinajstić information content (AvgIpc) is 2.96. The molecule has 7 heteroatoms. The molecular formula is C30H29N3O4. The first-order chi connectivity index (χ1) is 18.1. The summed E-state index contributed by atoms with van der Waals surface area (Å²) < 4.78 is 11.0. The molecule has 0 saturated carbocycles. The molecule has 1 N–H and O–H groups in total. The lowest BCUT2D eigenvalue weighted by Crippen LogP contribution is -2.45. The lowest BCUT2D eigenvalue weighted by Gasteiger charge is -2.31. The van der Waals surface area contributed by atoms with Crippen LogP contribution in [-0.4, -0.2) is 35.4 Å². The molecule has 3 aromatic carbocycles. The summed E-state index contributed by atoms with van der Waals surface area (Å²) in [5, 5.41) is 2.99. The third kappa shape index (κ3) is 7.18. The molecule has 0 spiro atoms. The summed E-state index contributed by atoms with van der Waals surface area (Å²) in [5.74, 6) is 0.694. The zero-order chi connectivity index (χ0) is 25.9. The van der Waals surface area contributed by atoms with Crippen LogP contribution < -0.4 is 14.8 Å². The van der Waals surface area contributed by atoms with E-state index in [1.165, 1.54) is 0 Å². The molecule has 2 amide bonds. The molecule has 0 radical (unpaired) electrons. The maximum atomic E-state index is 13.6. The highest BCUT2D eigenvalue weighted by Gasteiger charge is 2.31. The minimum absolute atomic E-state index is 0.207. The number of carbonyl (C=O) groups is 2. The van der Waals surface area contributed by atoms with Crippen LogP contribution in [0.5, 0.6) is 11.5 Å². The van der Waals surface area contributed by atoms with Crippen LogP contribution in [0.1, 0.15) is 22.7 Å². The first-order valence-corrected chi connectivity index (χ1v) is 12.0. The molecule has 37 heavy (non-hydrogen) atoms. The number of amides is 2. The number of benzene rings is 3. The third-order valence-corrected chi connectivity index (χ3v) is 5.83. The molecule has 4 aromatic rings. The Hall–Kier alpha value is -4.65. The standard InChI is InChI=1S/C30H29N3O4/c1-36-26-14-12-24(13-15-26)21-33(28(34)22-37-27-10-6-3-7-11-27)29(25-8-4-2-5-9-25)30(35)32-20-23-16-18-31-19-17-23/h2-19,29H,20-22H2,1H3,(H,32,35)/t29-/m0/s1. The smallest absolute Gasteiger partial charge is 0.261 e. The second kappa shape index (κ2) is 12.9. The molecule has 1 aromatic heterocycles. The number of ether oxygens (including phenoxy) is 2. The Morgan fingerprint density at radius 1 is 0.811 bits per heavy atom. The van der Waals surface area contributed by atoms with Gasteiger partial charge < -0.3 is 19.7 Å². The summed E-state index contributed by atoms with van der Waals surface area (Å²) >= 11 is 0. The first kappa shape index (κ1) is 25.4. The van der Waals surface area contributed by atoms with Crippen LogP contribution in [0, 0.1) is 0 Å². The maximum Gasteiger partial charge on any atom is 0.261 e. The molecule has 0 aliphatic carbocycles. The predicted octanol–water partition coefficient (Wildman–Crippen LogP) is 4.56. The van der Waals surface area contributed by atoms with E-state index in [9.17, 15) is 9.59 Å². The Balaban J connectivity index is 1.63. The number of aromatic nitrogens is 1. The van der Waals surface area contributed by atoms with Crippen molar-refractivity contribution in [2.45, 2.75) is 19.1 Å². The van der Waals surface area contributed by atoms with Gasteiger partial charge in [-0.2, -0.15) is 0 Å². The van der Waals surface area contributed by atoms with Gasteiger partial charge in [-0.1, -0.05) is 60.7 Å². The van der Waals surface area contributed by atoms with Gasteiger partial charge in [0.15, 0.2) is 6.61 Å². The van der Waals surface area contributed by atoms with E-state index in [1.807, 2.05) is 84.9 Å². The van der Waals surface area contributed by atoms with Crippen molar-refractivity contribution in [3.8, 4) is 11.5 Å². The summed E-state index contributed by atoms with van der Waals surface area (Å²) in [7, 11) is 1.60. The van der Waals surface area contributed by atoms with Crippen LogP contribution in [0.25, 0.3) is 0 Å². The zero-order valence-corrected chi connectivity index (χ0v) is 20.6. The van der Waals surface area contributed by atoms with E-state index in [-0.39, 0.29) is 25.0 Å². The normalized spacial score (nSPS) is 11.3. The summed E-state index contributed by atoms with van der Waals surface area (Å²) in [6.45, 7) is 0.320. The van der Waals surface area contributed by atoms with Gasteiger partial charge in [-0.15, -0.1) is 0 Å². The van der Waals surface area contributed by atoms with Crippen molar-refractivity contribution < 1.29 is 19.1 Å². The summed E-state index contributed by atoms with van der Waals surface area (Å²) in [4.78, 5) is 32.9. The molecule has 1 atom stereocenters. The van der Waals surface area contributed by atoms with Gasteiger partial charge in [0.1, 0.15) is 17.5 Å². The van der Waals surface area contributed by atoms with Crippen molar-refractivity contribution >= 4 is 11.8 Å². The minimum Gasteiger partial charge on any atom is -0.497 e. The van der Waals surface area contributed by atoms with E-state index in [0.717, 1.165) is 11.1 Å². The molecule has 4 rings (SSSR count). The number of carbonyl (C=O) groups excluding carboxylic acids is 2. The summed E-state index contributed by atoms with van der Waals surface area (Å²) in [6, 6.07) is 28.7. The van der Waals surface area contributed by atoms with Crippen molar-refractivity contribution in [2.24, 2.45) is 0 Å². The molecule has 7 nitrogen and oxygen atoms in total. The van der Waals surface area contributed by atoms with Crippen LogP contribution in [-0.2, 0) is 22.7 Å². The minimum atomic E-state index is -0.864. The number of hydrogen-bond donors (Lipinski definition) is 1. The van der Waals surface area contributed by atoms with E-state index in [4.69, 9.17) is 9.47 Å². The number of hydrogen-bond acceptors (Lipinski definition) is 5. The Labute approximate surface area is 216 Å². The van der Waals surface area contributed by atoms with Gasteiger partial charge in [-0.05, 0) is 53.1 Å². The fourth-order valence-electron chi connectivity index (χ4n) is 3.89. The third-order valence-electron chi connectivity index (χ3n) is 5.83. The Kier molecular flexibility index (Phi) is 8.86. The lowest BCUT2D eigenvalue weighted by molar-refractivity contribution is -0.143. The Bertz CT molecular complexity index is 1270. The van der Waals surface area contributed by atoms with Gasteiger partial charge in [0, 0.05) is 25.5 Å². The van der Waals surface area contributed by atoms with Gasteiger partial charge in [0.05, 0.1) is 7.11 Å². The summed E-state index contributed by atoms with van der Waals surface area (Å²) in [5.41, 5.74) is 2.48. The maximum absolute atomic E-state index is 13.6. The number of para-hydroxylation sites is 1. The average molecular weight is 496 g/mol. The monoisotopic (exact) mass is 495 g/mol. The van der Waals surface area contributed by atoms with Crippen molar-refractivity contribution in [3.05, 3.63) is 126 Å². The van der Waals surface area contributed by atoms with Crippen LogP contribution in [0.2, 0.25) is 0 Å². The number of nitrogens with zero attached hydrogens (tertiary/aromatic N) is 2. The van der Waals surface area contributed by atoms with Crippen molar-refractivity contribution in [2.75, 3.05) is 13.7 Å². The Morgan fingerprint density at radius 3 is 2.11 bits per heavy atom. The molecule has 0 aliphatic heterocycles. The zero-order valence-electron chi connectivity index (χ0n) is 20.6. The highest BCUT2D eigenvalue weighted by atomic mass is 16.5. The van der Waals surface area contributed by atoms with Gasteiger partial charge in [-0.3, -0.25) is 14.6 Å². The summed E-state index contributed by atoms with van der Waals surface area (Å²) in [6.07, 6.45) is 3.35. The fraction of sp³-hybridized carbons (Fsp3) is 0.167. The van der Waals surface area contributed by atoms with E-state index >= 15 is 0 Å². The largest absolute Gasteiger partial charge is 0.497 e. The van der Waals surface area contributed by atoms with Crippen molar-refractivity contribution in [1.82, 2.24) is 15.2 Å². The second-order valence-corrected chi connectivity index (χ2v) is 8.36. The molecule has 0 aliphatic rings. The SMILES string of the molecule is COc1ccc(CN(C(=O)COc2ccccc2)[C@H](C(=O)NCc2ccncc2)c2ccccc2)cc1. The van der Waals surface area contributed by atoms with Gasteiger partial charge in [0.2, 0.25) is 5.91 Å². The van der Waals surface area contributed by atoms with Gasteiger partial charge in [-0.25, -0.2) is 0 Å². The van der Waals surface area contributed by atoms with Gasteiger partial charge >= 0.3 is 0 Å². The van der Waals surface area contributed by atoms with E-state index < -0.39 is 6.04 Å². The highest BCUT2D eigenvalue weighted by molar-refractivity contribution is 5.89. The highest BCUT2D eigenvalue weighted by Crippen LogP contribution is 2.25. The molecule has 188 valence electrons. The Morgan fingerprint density at radius 2 is 1.46 bits per heavy atom. The molecule has 0 saturated heterocycles. The topological polar surface area (TPSA) is 80.8 Å². The molecule has 0 unspecified atom stereocenters.